The van der Waals surface area contributed by atoms with Crippen LogP contribution in [0.2, 0.25) is 0 Å². The highest BCUT2D eigenvalue weighted by atomic mass is 35.5. The molecule has 1 amide bonds. The molecule has 0 saturated carbocycles. The van der Waals surface area contributed by atoms with Gasteiger partial charge in [0, 0.05) is 18.7 Å². The molecule has 3 rings (SSSR count). The maximum Gasteiger partial charge on any atom is 0.410 e. The van der Waals surface area contributed by atoms with E-state index < -0.39 is 0 Å². The summed E-state index contributed by atoms with van der Waals surface area (Å²) < 4.78 is 5.44. The van der Waals surface area contributed by atoms with Gasteiger partial charge >= 0.3 is 6.09 Å². The van der Waals surface area contributed by atoms with Crippen molar-refractivity contribution in [1.29, 1.82) is 0 Å². The minimum Gasteiger partial charge on any atom is -0.445 e. The van der Waals surface area contributed by atoms with Gasteiger partial charge in [-0.15, -0.1) is 12.4 Å². The number of nitrogens with zero attached hydrogens (tertiary/aromatic N) is 2. The lowest BCUT2D eigenvalue weighted by Gasteiger charge is -2.33. The first-order valence-electron chi connectivity index (χ1n) is 7.29. The van der Waals surface area contributed by atoms with Crippen molar-refractivity contribution in [3.05, 3.63) is 53.6 Å². The van der Waals surface area contributed by atoms with Crippen LogP contribution in [0.5, 0.6) is 0 Å². The highest BCUT2D eigenvalue weighted by molar-refractivity contribution is 5.85. The van der Waals surface area contributed by atoms with E-state index in [-0.39, 0.29) is 24.5 Å². The number of amides is 1. The number of hydrogen-bond donors (Lipinski definition) is 1. The zero-order valence-corrected chi connectivity index (χ0v) is 13.3. The van der Waals surface area contributed by atoms with Crippen molar-refractivity contribution in [2.45, 2.75) is 32.4 Å². The molecule has 2 aromatic rings. The second-order valence-electron chi connectivity index (χ2n) is 5.17. The van der Waals surface area contributed by atoms with Crippen molar-refractivity contribution in [2.24, 2.45) is 0 Å². The molecular formula is C16H20ClN3O2. The molecular weight excluding hydrogens is 302 g/mol. The van der Waals surface area contributed by atoms with Crippen molar-refractivity contribution in [3.63, 3.8) is 0 Å². The van der Waals surface area contributed by atoms with Gasteiger partial charge in [0.05, 0.1) is 18.1 Å². The lowest BCUT2D eigenvalue weighted by atomic mass is 10.0. The van der Waals surface area contributed by atoms with Gasteiger partial charge in [-0.05, 0) is 12.0 Å². The first kappa shape index (κ1) is 16.4. The molecule has 5 nitrogen and oxygen atoms in total. The number of hydrogen-bond acceptors (Lipinski definition) is 3. The van der Waals surface area contributed by atoms with E-state index in [1.807, 2.05) is 30.3 Å². The maximum atomic E-state index is 12.3. The number of carbonyl (C=O) groups excluding carboxylic acids is 1. The molecule has 6 heteroatoms. The summed E-state index contributed by atoms with van der Waals surface area (Å²) in [4.78, 5) is 21.6. The molecule has 1 aliphatic rings. The van der Waals surface area contributed by atoms with Gasteiger partial charge in [0.15, 0.2) is 0 Å². The van der Waals surface area contributed by atoms with Crippen LogP contribution in [0.15, 0.2) is 36.7 Å². The van der Waals surface area contributed by atoms with Gasteiger partial charge in [0.1, 0.15) is 6.61 Å². The molecule has 0 aliphatic carbocycles. The summed E-state index contributed by atoms with van der Waals surface area (Å²) in [7, 11) is 0. The van der Waals surface area contributed by atoms with Crippen LogP contribution in [-0.4, -0.2) is 27.5 Å². The Balaban J connectivity index is 0.00000176. The Labute approximate surface area is 136 Å². The van der Waals surface area contributed by atoms with E-state index in [9.17, 15) is 4.79 Å². The number of aromatic nitrogens is 2. The predicted octanol–water partition coefficient (Wildman–Crippen LogP) is 3.48. The highest BCUT2D eigenvalue weighted by Crippen LogP contribution is 2.30. The number of nitrogens with one attached hydrogen (secondary N) is 1. The molecule has 0 fully saturated rings. The molecule has 22 heavy (non-hydrogen) atoms. The smallest absolute Gasteiger partial charge is 0.410 e. The number of carbonyl (C=O) groups is 1. The van der Waals surface area contributed by atoms with Crippen molar-refractivity contribution in [2.75, 3.05) is 6.54 Å². The zero-order chi connectivity index (χ0) is 14.7. The molecule has 0 saturated heterocycles. The number of rotatable bonds is 3. The molecule has 0 bridgehead atoms. The van der Waals surface area contributed by atoms with Crippen LogP contribution in [0, 0.1) is 0 Å². The number of benzene rings is 1. The Kier molecular flexibility index (Phi) is 5.44. The summed E-state index contributed by atoms with van der Waals surface area (Å²) in [6, 6.07) is 9.73. The number of imidazole rings is 1. The van der Waals surface area contributed by atoms with Crippen LogP contribution in [0.1, 0.15) is 36.3 Å². The molecule has 1 aromatic heterocycles. The highest BCUT2D eigenvalue weighted by Gasteiger charge is 2.32. The third kappa shape index (κ3) is 3.25. The van der Waals surface area contributed by atoms with Crippen LogP contribution < -0.4 is 0 Å². The maximum absolute atomic E-state index is 12.3. The minimum absolute atomic E-state index is 0. The first-order chi connectivity index (χ1) is 10.3. The zero-order valence-electron chi connectivity index (χ0n) is 12.5. The van der Waals surface area contributed by atoms with Gasteiger partial charge in [-0.3, -0.25) is 4.90 Å². The third-order valence-electron chi connectivity index (χ3n) is 3.87. The summed E-state index contributed by atoms with van der Waals surface area (Å²) in [5.41, 5.74) is 3.10. The summed E-state index contributed by atoms with van der Waals surface area (Å²) >= 11 is 0. The average Bonchev–Trinajstić information content (AvgIpc) is 3.01. The van der Waals surface area contributed by atoms with E-state index >= 15 is 0 Å². The van der Waals surface area contributed by atoms with E-state index in [1.165, 1.54) is 0 Å². The van der Waals surface area contributed by atoms with E-state index in [4.69, 9.17) is 4.74 Å². The second kappa shape index (κ2) is 7.31. The van der Waals surface area contributed by atoms with Crippen molar-refractivity contribution >= 4 is 18.5 Å². The third-order valence-corrected chi connectivity index (χ3v) is 3.87. The molecule has 1 aromatic carbocycles. The van der Waals surface area contributed by atoms with Crippen LogP contribution in [-0.2, 0) is 17.8 Å². The van der Waals surface area contributed by atoms with Gasteiger partial charge in [-0.2, -0.15) is 0 Å². The Bertz CT molecular complexity index is 615. The van der Waals surface area contributed by atoms with Crippen molar-refractivity contribution in [3.8, 4) is 0 Å². The lowest BCUT2D eigenvalue weighted by Crippen LogP contribution is -2.40. The number of fused-ring (bicyclic) bond motifs is 1. The fraction of sp³-hybridized carbons (Fsp3) is 0.375. The molecule has 118 valence electrons. The normalized spacial score (nSPS) is 16.6. The lowest BCUT2D eigenvalue weighted by molar-refractivity contribution is 0.0751. The predicted molar refractivity (Wildman–Crippen MR) is 85.9 cm³/mol. The molecule has 1 aliphatic heterocycles. The Morgan fingerprint density at radius 2 is 2.18 bits per heavy atom. The van der Waals surface area contributed by atoms with Crippen LogP contribution in [0.25, 0.3) is 0 Å². The molecule has 0 spiro atoms. The largest absolute Gasteiger partial charge is 0.445 e. The Morgan fingerprint density at radius 3 is 2.91 bits per heavy atom. The van der Waals surface area contributed by atoms with Gasteiger partial charge in [-0.25, -0.2) is 9.78 Å². The molecule has 1 atom stereocenters. The molecule has 1 N–H and O–H groups in total. The van der Waals surface area contributed by atoms with E-state index in [0.29, 0.717) is 13.2 Å². The van der Waals surface area contributed by atoms with Crippen molar-refractivity contribution < 1.29 is 9.53 Å². The molecule has 1 unspecified atom stereocenters. The second-order valence-corrected chi connectivity index (χ2v) is 5.17. The number of H-pyrrole nitrogens is 1. The minimum atomic E-state index is -0.264. The molecule has 0 radical (unpaired) electrons. The number of halogens is 1. The summed E-state index contributed by atoms with van der Waals surface area (Å²) in [5, 5.41) is 0. The van der Waals surface area contributed by atoms with E-state index in [1.54, 1.807) is 11.2 Å². The van der Waals surface area contributed by atoms with Crippen molar-refractivity contribution in [1.82, 2.24) is 14.9 Å². The topological polar surface area (TPSA) is 58.2 Å². The standard InChI is InChI=1S/C16H19N3O2.ClH/c1-2-14-15-13(17-11-18-15)8-9-19(14)16(20)21-10-12-6-4-3-5-7-12;/h3-7,11,14H,2,8-10H2,1H3,(H,17,18);1H. The quantitative estimate of drug-likeness (QED) is 0.941. The summed E-state index contributed by atoms with van der Waals surface area (Å²) in [5.74, 6) is 0. The van der Waals surface area contributed by atoms with Gasteiger partial charge < -0.3 is 9.72 Å². The van der Waals surface area contributed by atoms with Crippen LogP contribution >= 0.6 is 12.4 Å². The Morgan fingerprint density at radius 1 is 1.41 bits per heavy atom. The monoisotopic (exact) mass is 321 g/mol. The summed E-state index contributed by atoms with van der Waals surface area (Å²) in [6.45, 7) is 3.03. The Hall–Kier alpha value is -2.01. The van der Waals surface area contributed by atoms with Gasteiger partial charge in [-0.1, -0.05) is 37.3 Å². The van der Waals surface area contributed by atoms with Gasteiger partial charge in [0.2, 0.25) is 0 Å². The fourth-order valence-corrected chi connectivity index (χ4v) is 2.79. The van der Waals surface area contributed by atoms with Crippen LogP contribution in [0.3, 0.4) is 0 Å². The number of ether oxygens (including phenoxy) is 1. The first-order valence-corrected chi connectivity index (χ1v) is 7.29. The van der Waals surface area contributed by atoms with E-state index in [0.717, 1.165) is 29.8 Å². The van der Waals surface area contributed by atoms with E-state index in [2.05, 4.69) is 16.9 Å². The molecule has 2 heterocycles. The fourth-order valence-electron chi connectivity index (χ4n) is 2.79. The number of aromatic amines is 1. The van der Waals surface area contributed by atoms with Crippen LogP contribution in [0.4, 0.5) is 4.79 Å². The summed E-state index contributed by atoms with van der Waals surface area (Å²) in [6.07, 6.45) is 3.07. The SMILES string of the molecule is CCC1c2nc[nH]c2CCN1C(=O)OCc1ccccc1.Cl. The van der Waals surface area contributed by atoms with Gasteiger partial charge in [0.25, 0.3) is 0 Å². The average molecular weight is 322 g/mol.